The molecule has 10 heteroatoms. The predicted octanol–water partition coefficient (Wildman–Crippen LogP) is 6.26. The molecule has 0 spiro atoms. The van der Waals surface area contributed by atoms with E-state index in [1.54, 1.807) is 25.1 Å². The lowest BCUT2D eigenvalue weighted by Crippen LogP contribution is -2.28. The van der Waals surface area contributed by atoms with Gasteiger partial charge in [0.2, 0.25) is 0 Å². The number of nitrogens with one attached hydrogen (secondary N) is 1. The Kier molecular flexibility index (Phi) is 10.7. The number of esters is 1. The van der Waals surface area contributed by atoms with Crippen LogP contribution in [0.5, 0.6) is 11.5 Å². The third-order valence-electron chi connectivity index (χ3n) is 5.02. The number of alkyl halides is 3. The Morgan fingerprint density at radius 3 is 2.34 bits per heavy atom. The van der Waals surface area contributed by atoms with E-state index >= 15 is 0 Å². The van der Waals surface area contributed by atoms with Gasteiger partial charge in [0.15, 0.2) is 0 Å². The Balaban J connectivity index is 2.05. The van der Waals surface area contributed by atoms with Crippen molar-refractivity contribution in [2.45, 2.75) is 26.9 Å². The van der Waals surface area contributed by atoms with Crippen LogP contribution in [0.4, 0.5) is 18.9 Å². The van der Waals surface area contributed by atoms with Gasteiger partial charge in [-0.05, 0) is 56.4 Å². The van der Waals surface area contributed by atoms with Gasteiger partial charge in [-0.25, -0.2) is 4.79 Å². The van der Waals surface area contributed by atoms with Crippen molar-refractivity contribution >= 4 is 23.3 Å². The van der Waals surface area contributed by atoms with Gasteiger partial charge in [-0.3, -0.25) is 0 Å². The zero-order valence-corrected chi connectivity index (χ0v) is 20.8. The molecule has 0 aliphatic heterocycles. The largest absolute Gasteiger partial charge is 0.491 e. The van der Waals surface area contributed by atoms with Gasteiger partial charge in [-0.1, -0.05) is 32.0 Å². The van der Waals surface area contributed by atoms with Crippen LogP contribution in [0.3, 0.4) is 0 Å². The Labute approximate surface area is 208 Å². The van der Waals surface area contributed by atoms with E-state index in [4.69, 9.17) is 25.8 Å². The third-order valence-corrected chi connectivity index (χ3v) is 5.31. The second-order valence-corrected chi connectivity index (χ2v) is 7.87. The molecule has 6 nitrogen and oxygen atoms in total. The Morgan fingerprint density at radius 2 is 1.74 bits per heavy atom. The first-order valence-corrected chi connectivity index (χ1v) is 11.6. The summed E-state index contributed by atoms with van der Waals surface area (Å²) in [5.41, 5.74) is 0.329. The fourth-order valence-electron chi connectivity index (χ4n) is 3.13. The number of likely N-dealkylation sites (N-methyl/N-ethyl adjacent to an activating group) is 1. The van der Waals surface area contributed by atoms with Crippen molar-refractivity contribution in [3.8, 4) is 11.5 Å². The van der Waals surface area contributed by atoms with Gasteiger partial charge < -0.3 is 24.4 Å². The van der Waals surface area contributed by atoms with Crippen molar-refractivity contribution in [1.82, 2.24) is 4.90 Å². The van der Waals surface area contributed by atoms with Crippen molar-refractivity contribution in [2.24, 2.45) is 0 Å². The molecule has 0 unspecified atom stereocenters. The van der Waals surface area contributed by atoms with E-state index in [0.29, 0.717) is 23.7 Å². The molecule has 0 fully saturated rings. The fourth-order valence-corrected chi connectivity index (χ4v) is 3.36. The fraction of sp³-hybridized carbons (Fsp3) is 0.400. The zero-order chi connectivity index (χ0) is 26.0. The smallest absolute Gasteiger partial charge is 0.416 e. The van der Waals surface area contributed by atoms with Crippen LogP contribution in [0.15, 0.2) is 48.7 Å². The van der Waals surface area contributed by atoms with Crippen LogP contribution in [0.1, 0.15) is 36.7 Å². The lowest BCUT2D eigenvalue weighted by Gasteiger charge is -2.19. The highest BCUT2D eigenvalue weighted by Crippen LogP contribution is 2.35. The van der Waals surface area contributed by atoms with E-state index in [0.717, 1.165) is 37.8 Å². The van der Waals surface area contributed by atoms with Crippen LogP contribution >= 0.6 is 11.6 Å². The van der Waals surface area contributed by atoms with Crippen LogP contribution < -0.4 is 14.8 Å². The molecule has 2 aromatic carbocycles. The molecule has 0 bridgehead atoms. The summed E-state index contributed by atoms with van der Waals surface area (Å²) in [5.74, 6) is -0.0290. The van der Waals surface area contributed by atoms with Crippen LogP contribution in [-0.2, 0) is 10.9 Å². The normalized spacial score (nSPS) is 11.3. The minimum Gasteiger partial charge on any atom is -0.491 e. The summed E-state index contributed by atoms with van der Waals surface area (Å²) in [6.07, 6.45) is -4.49. The summed E-state index contributed by atoms with van der Waals surface area (Å²) in [7, 11) is 0. The SMILES string of the molecule is C=C(COc1ccc(C(F)(F)F)cc1Cl)Nc1ccc(OCCN(CC)CC)c(C(=O)OCC)c1. The van der Waals surface area contributed by atoms with Crippen LogP contribution in [-0.4, -0.2) is 50.3 Å². The van der Waals surface area contributed by atoms with Gasteiger partial charge in [0.1, 0.15) is 30.3 Å². The molecule has 0 saturated heterocycles. The molecular weight excluding hydrogens is 485 g/mol. The number of carbonyl (C=O) groups is 1. The van der Waals surface area contributed by atoms with E-state index in [-0.39, 0.29) is 29.5 Å². The maximum atomic E-state index is 12.8. The molecule has 0 aliphatic rings. The second kappa shape index (κ2) is 13.3. The number of hydrogen-bond acceptors (Lipinski definition) is 6. The maximum absolute atomic E-state index is 12.8. The number of rotatable bonds is 13. The topological polar surface area (TPSA) is 60.0 Å². The third kappa shape index (κ3) is 8.67. The molecule has 0 aromatic heterocycles. The molecule has 0 saturated carbocycles. The second-order valence-electron chi connectivity index (χ2n) is 7.47. The van der Waals surface area contributed by atoms with E-state index in [1.165, 1.54) is 0 Å². The molecule has 35 heavy (non-hydrogen) atoms. The number of hydrogen-bond donors (Lipinski definition) is 1. The van der Waals surface area contributed by atoms with Gasteiger partial charge in [-0.2, -0.15) is 13.2 Å². The summed E-state index contributed by atoms with van der Waals surface area (Å²) in [6, 6.07) is 7.81. The highest BCUT2D eigenvalue weighted by atomic mass is 35.5. The van der Waals surface area contributed by atoms with Crippen molar-refractivity contribution in [1.29, 1.82) is 0 Å². The van der Waals surface area contributed by atoms with Gasteiger partial charge >= 0.3 is 12.1 Å². The lowest BCUT2D eigenvalue weighted by atomic mass is 10.1. The predicted molar refractivity (Wildman–Crippen MR) is 130 cm³/mol. The number of benzene rings is 2. The van der Waals surface area contributed by atoms with E-state index in [2.05, 4.69) is 30.6 Å². The van der Waals surface area contributed by atoms with Crippen LogP contribution in [0, 0.1) is 0 Å². The minimum absolute atomic E-state index is 0.0675. The molecule has 0 amide bonds. The first kappa shape index (κ1) is 28.3. The van der Waals surface area contributed by atoms with Crippen molar-refractivity contribution in [3.05, 3.63) is 64.8 Å². The van der Waals surface area contributed by atoms with E-state index in [1.807, 2.05) is 0 Å². The molecule has 0 heterocycles. The average molecular weight is 515 g/mol. The lowest BCUT2D eigenvalue weighted by molar-refractivity contribution is -0.137. The first-order valence-electron chi connectivity index (χ1n) is 11.2. The molecule has 1 N–H and O–H groups in total. The number of ether oxygens (including phenoxy) is 3. The number of anilines is 1. The highest BCUT2D eigenvalue weighted by Gasteiger charge is 2.31. The van der Waals surface area contributed by atoms with E-state index in [9.17, 15) is 18.0 Å². The summed E-state index contributed by atoms with van der Waals surface area (Å²) in [6.45, 7) is 12.8. The molecule has 2 rings (SSSR count). The minimum atomic E-state index is -4.49. The number of halogens is 4. The highest BCUT2D eigenvalue weighted by molar-refractivity contribution is 6.32. The van der Waals surface area contributed by atoms with Crippen molar-refractivity contribution < 1.29 is 32.2 Å². The Bertz CT molecular complexity index is 1010. The monoisotopic (exact) mass is 514 g/mol. The van der Waals surface area contributed by atoms with E-state index < -0.39 is 17.7 Å². The average Bonchev–Trinajstić information content (AvgIpc) is 2.81. The van der Waals surface area contributed by atoms with Crippen LogP contribution in [0.2, 0.25) is 5.02 Å². The number of nitrogens with zero attached hydrogens (tertiary/aromatic N) is 1. The zero-order valence-electron chi connectivity index (χ0n) is 20.0. The summed E-state index contributed by atoms with van der Waals surface area (Å²) < 4.78 is 54.9. The quantitative estimate of drug-likeness (QED) is 0.318. The first-order chi connectivity index (χ1) is 16.6. The van der Waals surface area contributed by atoms with Gasteiger partial charge in [0.05, 0.1) is 17.2 Å². The summed E-state index contributed by atoms with van der Waals surface area (Å²) >= 11 is 5.92. The van der Waals surface area contributed by atoms with Gasteiger partial charge in [0, 0.05) is 17.9 Å². The van der Waals surface area contributed by atoms with Gasteiger partial charge in [-0.15, -0.1) is 0 Å². The van der Waals surface area contributed by atoms with Crippen molar-refractivity contribution in [3.63, 3.8) is 0 Å². The summed E-state index contributed by atoms with van der Waals surface area (Å²) in [5, 5.41) is 2.85. The van der Waals surface area contributed by atoms with Crippen LogP contribution in [0.25, 0.3) is 0 Å². The molecular formula is C25H30ClF3N2O4. The Hall–Kier alpha value is -2.91. The maximum Gasteiger partial charge on any atom is 0.416 e. The standard InChI is InChI=1S/C25H30ClF3N2O4/c1-5-31(6-2)12-13-34-22-11-9-19(15-20(22)24(32)33-7-3)30-17(4)16-35-23-10-8-18(14-21(23)26)25(27,28)29/h8-11,14-15,30H,4-7,12-13,16H2,1-3H3. The van der Waals surface area contributed by atoms with Crippen molar-refractivity contribution in [2.75, 3.05) is 44.8 Å². The molecule has 0 aliphatic carbocycles. The Morgan fingerprint density at radius 1 is 1.06 bits per heavy atom. The van der Waals surface area contributed by atoms with Gasteiger partial charge in [0.25, 0.3) is 0 Å². The number of carbonyl (C=O) groups excluding carboxylic acids is 1. The summed E-state index contributed by atoms with van der Waals surface area (Å²) in [4.78, 5) is 14.7. The molecule has 192 valence electrons. The molecule has 0 radical (unpaired) electrons. The molecule has 2 aromatic rings. The molecule has 0 atom stereocenters.